The number of rotatable bonds is 4. The van der Waals surface area contributed by atoms with E-state index < -0.39 is 0 Å². The molecule has 0 radical (unpaired) electrons. The predicted molar refractivity (Wildman–Crippen MR) is 75.0 cm³/mol. The smallest absolute Gasteiger partial charge is 0.253 e. The second-order valence-electron chi connectivity index (χ2n) is 4.86. The number of nitrogens with zero attached hydrogens (tertiary/aromatic N) is 1. The van der Waals surface area contributed by atoms with E-state index in [9.17, 15) is 4.79 Å². The molecule has 1 N–H and O–H groups in total. The van der Waals surface area contributed by atoms with Crippen LogP contribution in [0.5, 0.6) is 0 Å². The average molecular weight is 246 g/mol. The zero-order chi connectivity index (χ0) is 12.8. The maximum absolute atomic E-state index is 12.2. The molecule has 0 bridgehead atoms. The summed E-state index contributed by atoms with van der Waals surface area (Å²) < 4.78 is 0. The molecule has 18 heavy (non-hydrogen) atoms. The highest BCUT2D eigenvalue weighted by molar-refractivity contribution is 5.94. The Labute approximate surface area is 109 Å². The highest BCUT2D eigenvalue weighted by Gasteiger charge is 2.17. The fourth-order valence-corrected chi connectivity index (χ4v) is 2.28. The standard InChI is InChI=1S/C15H22N2O/c1-2-10-16-14-8-6-13(7-9-14)15(18)17-11-4-3-5-12-17/h6-9,16H,2-5,10-12H2,1H3. The molecule has 1 aromatic carbocycles. The number of amides is 1. The van der Waals surface area contributed by atoms with Crippen LogP contribution in [0.3, 0.4) is 0 Å². The van der Waals surface area contributed by atoms with Gasteiger partial charge in [0.05, 0.1) is 0 Å². The minimum absolute atomic E-state index is 0.178. The number of likely N-dealkylation sites (tertiary alicyclic amines) is 1. The van der Waals surface area contributed by atoms with Crippen LogP contribution < -0.4 is 5.32 Å². The molecule has 1 aromatic rings. The van der Waals surface area contributed by atoms with Gasteiger partial charge in [0.25, 0.3) is 5.91 Å². The van der Waals surface area contributed by atoms with Crippen molar-refractivity contribution in [1.82, 2.24) is 4.90 Å². The van der Waals surface area contributed by atoms with Crippen molar-refractivity contribution >= 4 is 11.6 Å². The molecular weight excluding hydrogens is 224 g/mol. The van der Waals surface area contributed by atoms with E-state index in [4.69, 9.17) is 0 Å². The zero-order valence-corrected chi connectivity index (χ0v) is 11.1. The zero-order valence-electron chi connectivity index (χ0n) is 11.1. The van der Waals surface area contributed by atoms with Crippen LogP contribution in [-0.2, 0) is 0 Å². The van der Waals surface area contributed by atoms with Gasteiger partial charge in [-0.05, 0) is 49.9 Å². The number of hydrogen-bond donors (Lipinski definition) is 1. The van der Waals surface area contributed by atoms with Gasteiger partial charge in [-0.1, -0.05) is 6.92 Å². The number of piperidine rings is 1. The number of carbonyl (C=O) groups is 1. The van der Waals surface area contributed by atoms with Crippen LogP contribution in [0.2, 0.25) is 0 Å². The van der Waals surface area contributed by atoms with Crippen LogP contribution in [0.25, 0.3) is 0 Å². The second kappa shape index (κ2) is 6.43. The molecule has 1 saturated heterocycles. The number of carbonyl (C=O) groups excluding carboxylic acids is 1. The first kappa shape index (κ1) is 12.9. The Morgan fingerprint density at radius 1 is 1.17 bits per heavy atom. The monoisotopic (exact) mass is 246 g/mol. The van der Waals surface area contributed by atoms with Crippen molar-refractivity contribution in [2.45, 2.75) is 32.6 Å². The van der Waals surface area contributed by atoms with Gasteiger partial charge in [0, 0.05) is 30.9 Å². The topological polar surface area (TPSA) is 32.3 Å². The van der Waals surface area contributed by atoms with Gasteiger partial charge in [-0.3, -0.25) is 4.79 Å². The molecule has 1 amide bonds. The molecule has 0 atom stereocenters. The van der Waals surface area contributed by atoms with Crippen molar-refractivity contribution in [2.75, 3.05) is 25.0 Å². The summed E-state index contributed by atoms with van der Waals surface area (Å²) in [5.41, 5.74) is 1.89. The lowest BCUT2D eigenvalue weighted by Crippen LogP contribution is -2.35. The summed E-state index contributed by atoms with van der Waals surface area (Å²) in [4.78, 5) is 14.2. The Kier molecular flexibility index (Phi) is 4.62. The molecule has 1 aliphatic rings. The normalized spacial score (nSPS) is 15.5. The molecule has 3 heteroatoms. The van der Waals surface area contributed by atoms with Crippen molar-refractivity contribution in [1.29, 1.82) is 0 Å². The van der Waals surface area contributed by atoms with Crippen LogP contribution in [0.4, 0.5) is 5.69 Å². The molecule has 1 heterocycles. The first-order valence-electron chi connectivity index (χ1n) is 6.94. The van der Waals surface area contributed by atoms with Gasteiger partial charge in [0.15, 0.2) is 0 Å². The summed E-state index contributed by atoms with van der Waals surface area (Å²) in [7, 11) is 0. The van der Waals surface area contributed by atoms with Gasteiger partial charge in [-0.15, -0.1) is 0 Å². The summed E-state index contributed by atoms with van der Waals surface area (Å²) in [5.74, 6) is 0.178. The maximum Gasteiger partial charge on any atom is 0.253 e. The van der Waals surface area contributed by atoms with Gasteiger partial charge in [-0.2, -0.15) is 0 Å². The molecule has 0 spiro atoms. The van der Waals surface area contributed by atoms with Gasteiger partial charge in [0.2, 0.25) is 0 Å². The largest absolute Gasteiger partial charge is 0.385 e. The van der Waals surface area contributed by atoms with Crippen LogP contribution in [0, 0.1) is 0 Å². The molecule has 98 valence electrons. The number of benzene rings is 1. The SMILES string of the molecule is CCCNc1ccc(C(=O)N2CCCCC2)cc1. The molecule has 0 aliphatic carbocycles. The highest BCUT2D eigenvalue weighted by Crippen LogP contribution is 2.15. The van der Waals surface area contributed by atoms with E-state index >= 15 is 0 Å². The third-order valence-corrected chi connectivity index (χ3v) is 3.35. The van der Waals surface area contributed by atoms with Gasteiger partial charge < -0.3 is 10.2 Å². The molecule has 0 aromatic heterocycles. The van der Waals surface area contributed by atoms with E-state index in [-0.39, 0.29) is 5.91 Å². The first-order valence-corrected chi connectivity index (χ1v) is 6.94. The summed E-state index contributed by atoms with van der Waals surface area (Å²) >= 11 is 0. The van der Waals surface area contributed by atoms with Crippen LogP contribution in [-0.4, -0.2) is 30.4 Å². The van der Waals surface area contributed by atoms with Crippen molar-refractivity contribution < 1.29 is 4.79 Å². The lowest BCUT2D eigenvalue weighted by atomic mass is 10.1. The Morgan fingerprint density at radius 3 is 2.44 bits per heavy atom. The fourth-order valence-electron chi connectivity index (χ4n) is 2.28. The maximum atomic E-state index is 12.2. The van der Waals surface area contributed by atoms with Crippen molar-refractivity contribution in [3.63, 3.8) is 0 Å². The first-order chi connectivity index (χ1) is 8.81. The van der Waals surface area contributed by atoms with Crippen LogP contribution >= 0.6 is 0 Å². The van der Waals surface area contributed by atoms with Gasteiger partial charge in [0.1, 0.15) is 0 Å². The molecule has 2 rings (SSSR count). The highest BCUT2D eigenvalue weighted by atomic mass is 16.2. The number of anilines is 1. The van der Waals surface area contributed by atoms with Gasteiger partial charge in [-0.25, -0.2) is 0 Å². The fraction of sp³-hybridized carbons (Fsp3) is 0.533. The van der Waals surface area contributed by atoms with E-state index in [2.05, 4.69) is 12.2 Å². The lowest BCUT2D eigenvalue weighted by molar-refractivity contribution is 0.0724. The Hall–Kier alpha value is -1.51. The average Bonchev–Trinajstić information content (AvgIpc) is 2.46. The van der Waals surface area contributed by atoms with E-state index in [0.29, 0.717) is 0 Å². The molecule has 1 fully saturated rings. The molecule has 1 aliphatic heterocycles. The van der Waals surface area contributed by atoms with Gasteiger partial charge >= 0.3 is 0 Å². The number of nitrogens with one attached hydrogen (secondary N) is 1. The summed E-state index contributed by atoms with van der Waals surface area (Å²) in [6.07, 6.45) is 4.64. The number of hydrogen-bond acceptors (Lipinski definition) is 2. The van der Waals surface area contributed by atoms with E-state index in [1.54, 1.807) is 0 Å². The predicted octanol–water partition coefficient (Wildman–Crippen LogP) is 3.13. The van der Waals surface area contributed by atoms with Crippen molar-refractivity contribution in [3.8, 4) is 0 Å². The third-order valence-electron chi connectivity index (χ3n) is 3.35. The summed E-state index contributed by atoms with van der Waals surface area (Å²) in [6.45, 7) is 4.93. The Bertz CT molecular complexity index is 380. The summed E-state index contributed by atoms with van der Waals surface area (Å²) in [5, 5.41) is 3.32. The Morgan fingerprint density at radius 2 is 1.83 bits per heavy atom. The third kappa shape index (κ3) is 3.25. The molecule has 0 unspecified atom stereocenters. The van der Waals surface area contributed by atoms with Crippen LogP contribution in [0.1, 0.15) is 43.0 Å². The molecular formula is C15H22N2O. The summed E-state index contributed by atoms with van der Waals surface area (Å²) in [6, 6.07) is 7.84. The van der Waals surface area contributed by atoms with E-state index in [0.717, 1.165) is 50.1 Å². The van der Waals surface area contributed by atoms with Crippen molar-refractivity contribution in [3.05, 3.63) is 29.8 Å². The van der Waals surface area contributed by atoms with Crippen molar-refractivity contribution in [2.24, 2.45) is 0 Å². The lowest BCUT2D eigenvalue weighted by Gasteiger charge is -2.26. The quantitative estimate of drug-likeness (QED) is 0.885. The van der Waals surface area contributed by atoms with Crippen LogP contribution in [0.15, 0.2) is 24.3 Å². The second-order valence-corrected chi connectivity index (χ2v) is 4.86. The van der Waals surface area contributed by atoms with E-state index in [1.807, 2.05) is 29.2 Å². The Balaban J connectivity index is 1.97. The van der Waals surface area contributed by atoms with E-state index in [1.165, 1.54) is 6.42 Å². The minimum atomic E-state index is 0.178. The molecule has 0 saturated carbocycles. The minimum Gasteiger partial charge on any atom is -0.385 e. The molecule has 3 nitrogen and oxygen atoms in total.